The lowest BCUT2D eigenvalue weighted by atomic mass is 9.97. The zero-order chi connectivity index (χ0) is 16.4. The van der Waals surface area contributed by atoms with Gasteiger partial charge in [0.05, 0.1) is 6.54 Å². The molecule has 0 saturated carbocycles. The maximum absolute atomic E-state index is 12.2. The molecule has 4 nitrogen and oxygen atoms in total. The highest BCUT2D eigenvalue weighted by atomic mass is 32.2. The maximum Gasteiger partial charge on any atom is 0.258 e. The third kappa shape index (κ3) is 2.96. The van der Waals surface area contributed by atoms with E-state index in [2.05, 4.69) is 13.2 Å². The Kier molecular flexibility index (Phi) is 4.78. The summed E-state index contributed by atoms with van der Waals surface area (Å²) < 4.78 is 0. The standard InChI is InChI=1S/C17H21N3OS/c1-10-9-20(17(21)11(10)2)15-7-5-6-14(8-15)12(3)16(18)13(4)22-19/h5-8,12H,1-2,9,18-19H2,3-4H3/b16-13-/t12-/m1/s1. The van der Waals surface area contributed by atoms with Crippen LogP contribution in [0.15, 0.2) is 59.2 Å². The van der Waals surface area contributed by atoms with Gasteiger partial charge in [-0.25, -0.2) is 0 Å². The second-order valence-electron chi connectivity index (χ2n) is 5.42. The normalized spacial score (nSPS) is 17.8. The first-order chi connectivity index (χ1) is 10.4. The third-order valence-electron chi connectivity index (χ3n) is 4.01. The van der Waals surface area contributed by atoms with E-state index in [1.54, 1.807) is 4.90 Å². The van der Waals surface area contributed by atoms with Crippen LogP contribution in [0.3, 0.4) is 0 Å². The Morgan fingerprint density at radius 1 is 1.41 bits per heavy atom. The first-order valence-corrected chi connectivity index (χ1v) is 7.86. The number of carbonyl (C=O) groups is 1. The quantitative estimate of drug-likeness (QED) is 0.661. The smallest absolute Gasteiger partial charge is 0.258 e. The van der Waals surface area contributed by atoms with Crippen molar-refractivity contribution in [3.8, 4) is 0 Å². The van der Waals surface area contributed by atoms with Crippen LogP contribution < -0.4 is 15.8 Å². The molecule has 1 aliphatic heterocycles. The summed E-state index contributed by atoms with van der Waals surface area (Å²) in [7, 11) is 0. The minimum Gasteiger partial charge on any atom is -0.401 e. The van der Waals surface area contributed by atoms with Crippen LogP contribution in [0.2, 0.25) is 0 Å². The zero-order valence-corrected chi connectivity index (χ0v) is 13.7. The number of rotatable bonds is 4. The summed E-state index contributed by atoms with van der Waals surface area (Å²) in [5.74, 6) is -0.0629. The minimum absolute atomic E-state index is 0.0279. The summed E-state index contributed by atoms with van der Waals surface area (Å²) >= 11 is 1.15. The average molecular weight is 315 g/mol. The molecule has 0 radical (unpaired) electrons. The molecule has 1 saturated heterocycles. The highest BCUT2D eigenvalue weighted by Gasteiger charge is 2.29. The molecule has 0 aromatic heterocycles. The number of hydrogen-bond donors (Lipinski definition) is 2. The molecule has 4 N–H and O–H groups in total. The Hall–Kier alpha value is -1.98. The predicted molar refractivity (Wildman–Crippen MR) is 94.2 cm³/mol. The Labute approximate surface area is 135 Å². The number of nitrogens with zero attached hydrogens (tertiary/aromatic N) is 1. The molecule has 116 valence electrons. The third-order valence-corrected chi connectivity index (χ3v) is 4.60. The molecule has 0 aliphatic carbocycles. The van der Waals surface area contributed by atoms with Gasteiger partial charge in [0.25, 0.3) is 5.91 Å². The van der Waals surface area contributed by atoms with Gasteiger partial charge in [-0.3, -0.25) is 9.93 Å². The van der Waals surface area contributed by atoms with E-state index in [1.165, 1.54) is 0 Å². The van der Waals surface area contributed by atoms with Gasteiger partial charge in [-0.15, -0.1) is 0 Å². The van der Waals surface area contributed by atoms with E-state index in [0.717, 1.165) is 39.4 Å². The fraction of sp³-hybridized carbons (Fsp3) is 0.235. The molecule has 1 amide bonds. The molecule has 1 aromatic rings. The van der Waals surface area contributed by atoms with Gasteiger partial charge >= 0.3 is 0 Å². The topological polar surface area (TPSA) is 72.3 Å². The van der Waals surface area contributed by atoms with E-state index in [-0.39, 0.29) is 11.8 Å². The van der Waals surface area contributed by atoms with Crippen LogP contribution in [0.25, 0.3) is 0 Å². The van der Waals surface area contributed by atoms with Crippen molar-refractivity contribution >= 4 is 23.5 Å². The van der Waals surface area contributed by atoms with E-state index in [1.807, 2.05) is 38.1 Å². The van der Waals surface area contributed by atoms with Gasteiger partial charge in [0.2, 0.25) is 0 Å². The lowest BCUT2D eigenvalue weighted by Crippen LogP contribution is -2.24. The van der Waals surface area contributed by atoms with Crippen molar-refractivity contribution in [3.05, 3.63) is 64.7 Å². The SMILES string of the molecule is C=C1CN(c2cccc([C@@H](C)/C(N)=C(\C)SN)c2)C(=O)C1=C. The molecule has 1 atom stereocenters. The first-order valence-electron chi connectivity index (χ1n) is 6.98. The molecule has 0 spiro atoms. The van der Waals surface area contributed by atoms with Gasteiger partial charge in [0, 0.05) is 27.8 Å². The highest BCUT2D eigenvalue weighted by molar-refractivity contribution is 8.00. The molecule has 1 fully saturated rings. The zero-order valence-electron chi connectivity index (χ0n) is 12.9. The fourth-order valence-corrected chi connectivity index (χ4v) is 2.71. The van der Waals surface area contributed by atoms with Crippen molar-refractivity contribution in [2.24, 2.45) is 10.9 Å². The number of carbonyl (C=O) groups excluding carboxylic acids is 1. The van der Waals surface area contributed by atoms with Crippen LogP contribution in [-0.4, -0.2) is 12.5 Å². The average Bonchev–Trinajstić information content (AvgIpc) is 2.80. The molecule has 22 heavy (non-hydrogen) atoms. The van der Waals surface area contributed by atoms with E-state index in [4.69, 9.17) is 10.9 Å². The van der Waals surface area contributed by atoms with Crippen LogP contribution in [-0.2, 0) is 4.79 Å². The van der Waals surface area contributed by atoms with Crippen LogP contribution in [0.5, 0.6) is 0 Å². The van der Waals surface area contributed by atoms with E-state index in [0.29, 0.717) is 12.1 Å². The second kappa shape index (κ2) is 6.42. The molecular formula is C17H21N3OS. The summed E-state index contributed by atoms with van der Waals surface area (Å²) in [6.45, 7) is 12.1. The number of nitrogens with two attached hydrogens (primary N) is 2. The lowest BCUT2D eigenvalue weighted by molar-refractivity contribution is -0.114. The van der Waals surface area contributed by atoms with Gasteiger partial charge in [-0.1, -0.05) is 44.2 Å². The van der Waals surface area contributed by atoms with Crippen molar-refractivity contribution in [1.29, 1.82) is 0 Å². The lowest BCUT2D eigenvalue weighted by Gasteiger charge is -2.19. The van der Waals surface area contributed by atoms with Crippen molar-refractivity contribution < 1.29 is 4.79 Å². The van der Waals surface area contributed by atoms with Gasteiger partial charge in [0.15, 0.2) is 0 Å². The van der Waals surface area contributed by atoms with Crippen LogP contribution >= 0.6 is 11.9 Å². The summed E-state index contributed by atoms with van der Waals surface area (Å²) in [6, 6.07) is 7.82. The Morgan fingerprint density at radius 3 is 2.64 bits per heavy atom. The van der Waals surface area contributed by atoms with E-state index >= 15 is 0 Å². The molecule has 0 bridgehead atoms. The predicted octanol–water partition coefficient (Wildman–Crippen LogP) is 3.05. The minimum atomic E-state index is -0.0907. The maximum atomic E-state index is 12.2. The summed E-state index contributed by atoms with van der Waals surface area (Å²) in [5.41, 5.74) is 10.0. The Balaban J connectivity index is 2.34. The number of hydrogen-bond acceptors (Lipinski definition) is 4. The molecule has 2 rings (SSSR count). The van der Waals surface area contributed by atoms with Crippen LogP contribution in [0.4, 0.5) is 5.69 Å². The second-order valence-corrected chi connectivity index (χ2v) is 6.27. The van der Waals surface area contributed by atoms with Crippen LogP contribution in [0, 0.1) is 0 Å². The number of anilines is 1. The van der Waals surface area contributed by atoms with Gasteiger partial charge in [0.1, 0.15) is 0 Å². The largest absolute Gasteiger partial charge is 0.401 e. The molecule has 1 heterocycles. The molecule has 1 aromatic carbocycles. The van der Waals surface area contributed by atoms with Crippen molar-refractivity contribution in [2.75, 3.05) is 11.4 Å². The van der Waals surface area contributed by atoms with E-state index < -0.39 is 0 Å². The van der Waals surface area contributed by atoms with Crippen molar-refractivity contribution in [3.63, 3.8) is 0 Å². The van der Waals surface area contributed by atoms with E-state index in [9.17, 15) is 4.79 Å². The molecule has 5 heteroatoms. The van der Waals surface area contributed by atoms with Gasteiger partial charge in [-0.05, 0) is 30.2 Å². The fourth-order valence-electron chi connectivity index (χ4n) is 2.40. The monoisotopic (exact) mass is 315 g/mol. The summed E-state index contributed by atoms with van der Waals surface area (Å²) in [4.78, 5) is 14.8. The van der Waals surface area contributed by atoms with Crippen molar-refractivity contribution in [2.45, 2.75) is 19.8 Å². The molecule has 0 unspecified atom stereocenters. The number of allylic oxidation sites excluding steroid dienone is 2. The summed E-state index contributed by atoms with van der Waals surface area (Å²) in [6.07, 6.45) is 0. The highest BCUT2D eigenvalue weighted by Crippen LogP contribution is 2.31. The number of benzene rings is 1. The van der Waals surface area contributed by atoms with Gasteiger partial charge < -0.3 is 10.6 Å². The molecule has 1 aliphatic rings. The van der Waals surface area contributed by atoms with Crippen molar-refractivity contribution in [1.82, 2.24) is 0 Å². The van der Waals surface area contributed by atoms with Gasteiger partial charge in [-0.2, -0.15) is 0 Å². The Bertz CT molecular complexity index is 678. The number of amides is 1. The summed E-state index contributed by atoms with van der Waals surface area (Å²) in [5, 5.41) is 5.57. The van der Waals surface area contributed by atoms with Crippen LogP contribution in [0.1, 0.15) is 25.3 Å². The molecular weight excluding hydrogens is 294 g/mol. The Morgan fingerprint density at radius 2 is 2.09 bits per heavy atom. The first kappa shape index (κ1) is 16.4.